The largest absolute Gasteiger partial charge is 0.491 e. The third kappa shape index (κ3) is 1.82. The van der Waals surface area contributed by atoms with Gasteiger partial charge in [-0.3, -0.25) is 4.68 Å². The fraction of sp³-hybridized carbons (Fsp3) is 0.357. The van der Waals surface area contributed by atoms with Crippen LogP contribution in [0.5, 0.6) is 5.75 Å². The van der Waals surface area contributed by atoms with E-state index in [0.717, 1.165) is 30.7 Å². The lowest BCUT2D eigenvalue weighted by molar-refractivity contribution is 0.300. The van der Waals surface area contributed by atoms with Gasteiger partial charge in [0.2, 0.25) is 0 Å². The SMILES string of the molecule is CCCc1cc2n(n1)CCOc1ccccc1-2. The maximum absolute atomic E-state index is 5.73. The van der Waals surface area contributed by atoms with Crippen LogP contribution in [0.25, 0.3) is 11.3 Å². The fourth-order valence-electron chi connectivity index (χ4n) is 2.28. The minimum atomic E-state index is 0.692. The van der Waals surface area contributed by atoms with Crippen molar-refractivity contribution in [2.24, 2.45) is 0 Å². The zero-order valence-corrected chi connectivity index (χ0v) is 10.0. The molecule has 0 amide bonds. The topological polar surface area (TPSA) is 27.1 Å². The van der Waals surface area contributed by atoms with E-state index >= 15 is 0 Å². The number of nitrogens with zero attached hydrogens (tertiary/aromatic N) is 2. The third-order valence-corrected chi connectivity index (χ3v) is 3.06. The number of hydrogen-bond acceptors (Lipinski definition) is 2. The lowest BCUT2D eigenvalue weighted by atomic mass is 10.1. The predicted molar refractivity (Wildman–Crippen MR) is 67.2 cm³/mol. The third-order valence-electron chi connectivity index (χ3n) is 3.06. The zero-order chi connectivity index (χ0) is 11.7. The molecule has 1 aliphatic heterocycles. The molecule has 0 aliphatic carbocycles. The molecule has 1 aliphatic rings. The van der Waals surface area contributed by atoms with Gasteiger partial charge in [-0.1, -0.05) is 25.5 Å². The molecule has 0 saturated heterocycles. The quantitative estimate of drug-likeness (QED) is 0.790. The number of aryl methyl sites for hydroxylation is 1. The first-order valence-electron chi connectivity index (χ1n) is 6.17. The van der Waals surface area contributed by atoms with Crippen LogP contribution in [-0.2, 0) is 13.0 Å². The Morgan fingerprint density at radius 1 is 1.35 bits per heavy atom. The standard InChI is InChI=1S/C14H16N2O/c1-2-5-11-10-13-12-6-3-4-7-14(12)17-9-8-16(13)15-11/h3-4,6-7,10H,2,5,8-9H2,1H3. The normalized spacial score (nSPS) is 13.5. The van der Waals surface area contributed by atoms with Crippen molar-refractivity contribution in [2.75, 3.05) is 6.61 Å². The molecular formula is C14H16N2O. The first-order chi connectivity index (χ1) is 8.38. The molecule has 1 aromatic heterocycles. The van der Waals surface area contributed by atoms with E-state index in [1.165, 1.54) is 11.4 Å². The number of hydrogen-bond donors (Lipinski definition) is 0. The molecule has 17 heavy (non-hydrogen) atoms. The second-order valence-corrected chi connectivity index (χ2v) is 4.34. The number of benzene rings is 1. The van der Waals surface area contributed by atoms with Crippen molar-refractivity contribution in [1.29, 1.82) is 0 Å². The van der Waals surface area contributed by atoms with Gasteiger partial charge in [0.05, 0.1) is 17.9 Å². The Morgan fingerprint density at radius 2 is 2.24 bits per heavy atom. The average molecular weight is 228 g/mol. The molecule has 1 aromatic carbocycles. The molecule has 88 valence electrons. The first-order valence-corrected chi connectivity index (χ1v) is 6.17. The molecule has 0 atom stereocenters. The highest BCUT2D eigenvalue weighted by atomic mass is 16.5. The van der Waals surface area contributed by atoms with Crippen LogP contribution in [0, 0.1) is 0 Å². The summed E-state index contributed by atoms with van der Waals surface area (Å²) in [6.45, 7) is 3.70. The molecule has 2 heterocycles. The molecule has 0 spiro atoms. The predicted octanol–water partition coefficient (Wildman–Crippen LogP) is 2.90. The van der Waals surface area contributed by atoms with Gasteiger partial charge < -0.3 is 4.74 Å². The van der Waals surface area contributed by atoms with Gasteiger partial charge in [-0.25, -0.2) is 0 Å². The molecule has 0 N–H and O–H groups in total. The smallest absolute Gasteiger partial charge is 0.128 e. The monoisotopic (exact) mass is 228 g/mol. The van der Waals surface area contributed by atoms with Crippen LogP contribution in [0.4, 0.5) is 0 Å². The summed E-state index contributed by atoms with van der Waals surface area (Å²) < 4.78 is 7.79. The summed E-state index contributed by atoms with van der Waals surface area (Å²) in [4.78, 5) is 0. The summed E-state index contributed by atoms with van der Waals surface area (Å²) >= 11 is 0. The highest BCUT2D eigenvalue weighted by molar-refractivity contribution is 5.68. The number of aromatic nitrogens is 2. The number of rotatable bonds is 2. The van der Waals surface area contributed by atoms with Gasteiger partial charge in [0, 0.05) is 5.56 Å². The Hall–Kier alpha value is -1.77. The highest BCUT2D eigenvalue weighted by Crippen LogP contribution is 2.32. The maximum atomic E-state index is 5.73. The summed E-state index contributed by atoms with van der Waals surface area (Å²) in [5.74, 6) is 0.967. The average Bonchev–Trinajstić information content (AvgIpc) is 2.66. The lowest BCUT2D eigenvalue weighted by Gasteiger charge is -2.04. The van der Waals surface area contributed by atoms with Crippen molar-refractivity contribution < 1.29 is 4.74 Å². The van der Waals surface area contributed by atoms with Gasteiger partial charge in [-0.15, -0.1) is 0 Å². The van der Waals surface area contributed by atoms with Crippen molar-refractivity contribution >= 4 is 0 Å². The summed E-state index contributed by atoms with van der Waals surface area (Å²) in [5.41, 5.74) is 3.51. The Morgan fingerprint density at radius 3 is 3.12 bits per heavy atom. The van der Waals surface area contributed by atoms with Crippen LogP contribution < -0.4 is 4.74 Å². The van der Waals surface area contributed by atoms with Gasteiger partial charge in [0.1, 0.15) is 12.4 Å². The van der Waals surface area contributed by atoms with Gasteiger partial charge in [-0.05, 0) is 24.6 Å². The number of ether oxygens (including phenoxy) is 1. The Kier molecular flexibility index (Phi) is 2.59. The van der Waals surface area contributed by atoms with E-state index in [1.807, 2.05) is 18.2 Å². The maximum Gasteiger partial charge on any atom is 0.128 e. The molecule has 3 rings (SSSR count). The van der Waals surface area contributed by atoms with Gasteiger partial charge >= 0.3 is 0 Å². The molecule has 0 bridgehead atoms. The van der Waals surface area contributed by atoms with E-state index in [4.69, 9.17) is 4.74 Å². The van der Waals surface area contributed by atoms with E-state index in [1.54, 1.807) is 0 Å². The van der Waals surface area contributed by atoms with Crippen molar-refractivity contribution in [3.8, 4) is 17.0 Å². The van der Waals surface area contributed by atoms with Crippen LogP contribution in [-0.4, -0.2) is 16.4 Å². The second-order valence-electron chi connectivity index (χ2n) is 4.34. The Bertz CT molecular complexity index is 531. The van der Waals surface area contributed by atoms with Crippen molar-refractivity contribution in [3.05, 3.63) is 36.0 Å². The molecule has 0 saturated carbocycles. The van der Waals surface area contributed by atoms with E-state index < -0.39 is 0 Å². The minimum absolute atomic E-state index is 0.692. The summed E-state index contributed by atoms with van der Waals surface area (Å²) in [6, 6.07) is 10.4. The first kappa shape index (κ1) is 10.4. The molecule has 2 aromatic rings. The van der Waals surface area contributed by atoms with Gasteiger partial charge in [-0.2, -0.15) is 5.10 Å². The van der Waals surface area contributed by atoms with E-state index in [2.05, 4.69) is 28.8 Å². The summed E-state index contributed by atoms with van der Waals surface area (Å²) in [5, 5.41) is 4.64. The van der Waals surface area contributed by atoms with Crippen LogP contribution in [0.1, 0.15) is 19.0 Å². The Labute approximate surface area is 101 Å². The zero-order valence-electron chi connectivity index (χ0n) is 10.0. The van der Waals surface area contributed by atoms with Crippen LogP contribution in [0.15, 0.2) is 30.3 Å². The van der Waals surface area contributed by atoms with Crippen molar-refractivity contribution in [2.45, 2.75) is 26.3 Å². The molecule has 0 fully saturated rings. The highest BCUT2D eigenvalue weighted by Gasteiger charge is 2.16. The minimum Gasteiger partial charge on any atom is -0.491 e. The van der Waals surface area contributed by atoms with Crippen LogP contribution in [0.2, 0.25) is 0 Å². The van der Waals surface area contributed by atoms with E-state index in [-0.39, 0.29) is 0 Å². The lowest BCUT2D eigenvalue weighted by Crippen LogP contribution is -2.07. The van der Waals surface area contributed by atoms with Gasteiger partial charge in [0.25, 0.3) is 0 Å². The van der Waals surface area contributed by atoms with Gasteiger partial charge in [0.15, 0.2) is 0 Å². The summed E-state index contributed by atoms with van der Waals surface area (Å²) in [6.07, 6.45) is 2.18. The molecule has 0 unspecified atom stereocenters. The fourth-order valence-corrected chi connectivity index (χ4v) is 2.28. The number of para-hydroxylation sites is 1. The second kappa shape index (κ2) is 4.24. The van der Waals surface area contributed by atoms with E-state index in [9.17, 15) is 0 Å². The molecule has 3 heteroatoms. The number of fused-ring (bicyclic) bond motifs is 3. The molecule has 0 radical (unpaired) electrons. The van der Waals surface area contributed by atoms with Crippen molar-refractivity contribution in [1.82, 2.24) is 9.78 Å². The summed E-state index contributed by atoms with van der Waals surface area (Å²) in [7, 11) is 0. The molecular weight excluding hydrogens is 212 g/mol. The van der Waals surface area contributed by atoms with Crippen LogP contribution >= 0.6 is 0 Å². The Balaban J connectivity index is 2.11. The molecule has 3 nitrogen and oxygen atoms in total. The van der Waals surface area contributed by atoms with E-state index in [0.29, 0.717) is 6.61 Å². The van der Waals surface area contributed by atoms with Crippen molar-refractivity contribution in [3.63, 3.8) is 0 Å². The van der Waals surface area contributed by atoms with Crippen LogP contribution in [0.3, 0.4) is 0 Å².